The lowest BCUT2D eigenvalue weighted by Crippen LogP contribution is -2.50. The van der Waals surface area contributed by atoms with Crippen LogP contribution in [0, 0.1) is 0 Å². The van der Waals surface area contributed by atoms with Gasteiger partial charge >= 0.3 is 0 Å². The Morgan fingerprint density at radius 1 is 1.07 bits per heavy atom. The van der Waals surface area contributed by atoms with Gasteiger partial charge in [0.05, 0.1) is 19.2 Å². The average Bonchev–Trinajstić information content (AvgIpc) is 2.68. The number of para-hydroxylation sites is 1. The van der Waals surface area contributed by atoms with Gasteiger partial charge < -0.3 is 20.1 Å². The topological polar surface area (TPSA) is 82.1 Å². The third-order valence-corrected chi connectivity index (χ3v) is 4.52. The van der Waals surface area contributed by atoms with E-state index in [1.54, 1.807) is 17.0 Å². The van der Waals surface area contributed by atoms with Crippen LogP contribution < -0.4 is 10.1 Å². The summed E-state index contributed by atoms with van der Waals surface area (Å²) >= 11 is 0. The van der Waals surface area contributed by atoms with Crippen molar-refractivity contribution in [2.24, 2.45) is 0 Å². The van der Waals surface area contributed by atoms with Crippen molar-refractivity contribution in [2.75, 3.05) is 45.2 Å². The van der Waals surface area contributed by atoms with Crippen molar-refractivity contribution in [3.05, 3.63) is 54.1 Å². The maximum Gasteiger partial charge on any atom is 0.257 e. The van der Waals surface area contributed by atoms with Gasteiger partial charge in [0, 0.05) is 37.9 Å². The largest absolute Gasteiger partial charge is 0.507 e. The van der Waals surface area contributed by atoms with Gasteiger partial charge in [0.1, 0.15) is 11.5 Å². The Kier molecular flexibility index (Phi) is 5.93. The van der Waals surface area contributed by atoms with Crippen molar-refractivity contribution in [3.8, 4) is 11.5 Å². The predicted molar refractivity (Wildman–Crippen MR) is 102 cm³/mol. The molecule has 2 amide bonds. The van der Waals surface area contributed by atoms with Gasteiger partial charge in [0.2, 0.25) is 5.91 Å². The minimum Gasteiger partial charge on any atom is -0.507 e. The van der Waals surface area contributed by atoms with E-state index in [2.05, 4.69) is 5.32 Å². The molecule has 0 radical (unpaired) electrons. The summed E-state index contributed by atoms with van der Waals surface area (Å²) in [7, 11) is 1.50. The van der Waals surface area contributed by atoms with Crippen LogP contribution in [0.1, 0.15) is 10.4 Å². The van der Waals surface area contributed by atoms with Crippen LogP contribution >= 0.6 is 0 Å². The number of anilines is 1. The van der Waals surface area contributed by atoms with Gasteiger partial charge in [-0.3, -0.25) is 14.5 Å². The molecule has 1 aliphatic heterocycles. The molecule has 1 heterocycles. The highest BCUT2D eigenvalue weighted by Crippen LogP contribution is 2.25. The monoisotopic (exact) mass is 369 g/mol. The Bertz CT molecular complexity index is 802. The third kappa shape index (κ3) is 4.77. The molecule has 0 aromatic heterocycles. The number of hydrogen-bond donors (Lipinski definition) is 2. The fourth-order valence-electron chi connectivity index (χ4n) is 3.02. The number of aromatic hydroxyl groups is 1. The third-order valence-electron chi connectivity index (χ3n) is 4.52. The van der Waals surface area contributed by atoms with Gasteiger partial charge in [-0.05, 0) is 24.3 Å². The maximum atomic E-state index is 12.6. The smallest absolute Gasteiger partial charge is 0.257 e. The lowest BCUT2D eigenvalue weighted by Gasteiger charge is -2.34. The minimum absolute atomic E-state index is 0.0752. The molecule has 3 rings (SSSR count). The molecule has 142 valence electrons. The number of phenols is 1. The molecule has 2 aromatic carbocycles. The van der Waals surface area contributed by atoms with Crippen LogP contribution in [-0.2, 0) is 4.79 Å². The van der Waals surface area contributed by atoms with Crippen molar-refractivity contribution in [3.63, 3.8) is 0 Å². The first-order chi connectivity index (χ1) is 13.1. The van der Waals surface area contributed by atoms with E-state index >= 15 is 0 Å². The molecule has 2 aromatic rings. The Morgan fingerprint density at radius 2 is 1.78 bits per heavy atom. The SMILES string of the molecule is COc1ccc(C(=O)N2CCN(CC(=O)Nc3ccccc3)CC2)c(O)c1. The standard InChI is InChI=1S/C20H23N3O4/c1-27-16-7-8-17(18(24)13-16)20(26)23-11-9-22(10-12-23)14-19(25)21-15-5-3-2-4-6-15/h2-8,13,24H,9-12,14H2,1H3,(H,21,25). The van der Waals surface area contributed by atoms with E-state index < -0.39 is 0 Å². The van der Waals surface area contributed by atoms with Crippen LogP contribution in [-0.4, -0.2) is 66.6 Å². The maximum absolute atomic E-state index is 12.6. The molecule has 0 saturated carbocycles. The quantitative estimate of drug-likeness (QED) is 0.840. The summed E-state index contributed by atoms with van der Waals surface area (Å²) < 4.78 is 5.04. The molecule has 0 atom stereocenters. The number of phenolic OH excluding ortho intramolecular Hbond substituents is 1. The van der Waals surface area contributed by atoms with Gasteiger partial charge in [-0.15, -0.1) is 0 Å². The van der Waals surface area contributed by atoms with Gasteiger partial charge in [-0.2, -0.15) is 0 Å². The van der Waals surface area contributed by atoms with E-state index in [4.69, 9.17) is 4.74 Å². The van der Waals surface area contributed by atoms with Crippen molar-refractivity contribution >= 4 is 17.5 Å². The predicted octanol–water partition coefficient (Wildman–Crippen LogP) is 1.80. The number of carbonyl (C=O) groups excluding carboxylic acids is 2. The number of piperazine rings is 1. The first-order valence-corrected chi connectivity index (χ1v) is 8.80. The number of nitrogens with zero attached hydrogens (tertiary/aromatic N) is 2. The van der Waals surface area contributed by atoms with Crippen LogP contribution in [0.4, 0.5) is 5.69 Å². The number of methoxy groups -OCH3 is 1. The van der Waals surface area contributed by atoms with Crippen LogP contribution in [0.25, 0.3) is 0 Å². The van der Waals surface area contributed by atoms with E-state index in [1.165, 1.54) is 13.2 Å². The molecule has 7 heteroatoms. The van der Waals surface area contributed by atoms with Crippen molar-refractivity contribution in [1.82, 2.24) is 9.80 Å². The Labute approximate surface area is 158 Å². The summed E-state index contributed by atoms with van der Waals surface area (Å²) in [5, 5.41) is 12.9. The highest BCUT2D eigenvalue weighted by molar-refractivity contribution is 5.97. The second-order valence-electron chi connectivity index (χ2n) is 6.37. The highest BCUT2D eigenvalue weighted by Gasteiger charge is 2.25. The molecule has 0 spiro atoms. The van der Waals surface area contributed by atoms with Gasteiger partial charge in [0.15, 0.2) is 0 Å². The molecule has 2 N–H and O–H groups in total. The van der Waals surface area contributed by atoms with E-state index in [-0.39, 0.29) is 29.7 Å². The summed E-state index contributed by atoms with van der Waals surface area (Å²) in [4.78, 5) is 28.5. The van der Waals surface area contributed by atoms with Crippen LogP contribution in [0.5, 0.6) is 11.5 Å². The number of ether oxygens (including phenoxy) is 1. The summed E-state index contributed by atoms with van der Waals surface area (Å²) in [6.45, 7) is 2.49. The minimum atomic E-state index is -0.219. The number of nitrogens with one attached hydrogen (secondary N) is 1. The number of rotatable bonds is 5. The molecule has 0 aliphatic carbocycles. The molecule has 1 saturated heterocycles. The number of hydrogen-bond acceptors (Lipinski definition) is 5. The van der Waals surface area contributed by atoms with Crippen LogP contribution in [0.2, 0.25) is 0 Å². The van der Waals surface area contributed by atoms with E-state index in [9.17, 15) is 14.7 Å². The van der Waals surface area contributed by atoms with Gasteiger partial charge in [-0.1, -0.05) is 18.2 Å². The van der Waals surface area contributed by atoms with Gasteiger partial charge in [0.25, 0.3) is 5.91 Å². The molecular weight excluding hydrogens is 346 g/mol. The number of benzene rings is 2. The Morgan fingerprint density at radius 3 is 2.41 bits per heavy atom. The normalized spacial score (nSPS) is 14.6. The van der Waals surface area contributed by atoms with Crippen molar-refractivity contribution < 1.29 is 19.4 Å². The molecule has 27 heavy (non-hydrogen) atoms. The lowest BCUT2D eigenvalue weighted by atomic mass is 10.1. The average molecular weight is 369 g/mol. The molecule has 0 unspecified atom stereocenters. The van der Waals surface area contributed by atoms with Crippen molar-refractivity contribution in [1.29, 1.82) is 0 Å². The lowest BCUT2D eigenvalue weighted by molar-refractivity contribution is -0.117. The second-order valence-corrected chi connectivity index (χ2v) is 6.37. The fourth-order valence-corrected chi connectivity index (χ4v) is 3.02. The summed E-state index contributed by atoms with van der Waals surface area (Å²) in [5.41, 5.74) is 1.03. The summed E-state index contributed by atoms with van der Waals surface area (Å²) in [6.07, 6.45) is 0. The Hall–Kier alpha value is -3.06. The first-order valence-electron chi connectivity index (χ1n) is 8.80. The zero-order valence-electron chi connectivity index (χ0n) is 15.2. The summed E-state index contributed by atoms with van der Waals surface area (Å²) in [6, 6.07) is 14.0. The van der Waals surface area contributed by atoms with Crippen LogP contribution in [0.15, 0.2) is 48.5 Å². The molecule has 7 nitrogen and oxygen atoms in total. The van der Waals surface area contributed by atoms with E-state index in [1.807, 2.05) is 35.2 Å². The first kappa shape index (κ1) is 18.7. The Balaban J connectivity index is 1.51. The molecular formula is C20H23N3O4. The molecule has 0 bridgehead atoms. The van der Waals surface area contributed by atoms with Crippen LogP contribution in [0.3, 0.4) is 0 Å². The van der Waals surface area contributed by atoms with E-state index in [0.717, 1.165) is 5.69 Å². The number of amides is 2. The highest BCUT2D eigenvalue weighted by atomic mass is 16.5. The van der Waals surface area contributed by atoms with Gasteiger partial charge in [-0.25, -0.2) is 0 Å². The zero-order chi connectivity index (χ0) is 19.2. The summed E-state index contributed by atoms with van der Waals surface area (Å²) in [5.74, 6) is 0.111. The van der Waals surface area contributed by atoms with Crippen molar-refractivity contribution in [2.45, 2.75) is 0 Å². The fraction of sp³-hybridized carbons (Fsp3) is 0.300. The second kappa shape index (κ2) is 8.55. The van der Waals surface area contributed by atoms with E-state index in [0.29, 0.717) is 31.9 Å². The number of carbonyl (C=O) groups is 2. The zero-order valence-corrected chi connectivity index (χ0v) is 15.2. The molecule has 1 aliphatic rings. The molecule has 1 fully saturated rings.